The highest BCUT2D eigenvalue weighted by Gasteiger charge is 2.49. The van der Waals surface area contributed by atoms with E-state index in [9.17, 15) is 0 Å². The van der Waals surface area contributed by atoms with Crippen LogP contribution in [0.5, 0.6) is 0 Å². The van der Waals surface area contributed by atoms with Crippen molar-refractivity contribution in [2.45, 2.75) is 51.0 Å². The van der Waals surface area contributed by atoms with Gasteiger partial charge in [0.25, 0.3) is 0 Å². The van der Waals surface area contributed by atoms with Crippen LogP contribution in [-0.2, 0) is 22.6 Å². The maximum Gasteiger partial charge on any atom is 0.108 e. The second-order valence-electron chi connectivity index (χ2n) is 6.02. The van der Waals surface area contributed by atoms with Crippen LogP contribution in [0.2, 0.25) is 0 Å². The molecule has 2 aliphatic rings. The molecule has 20 heavy (non-hydrogen) atoms. The molecule has 2 aliphatic heterocycles. The van der Waals surface area contributed by atoms with Gasteiger partial charge in [-0.3, -0.25) is 9.58 Å². The maximum absolute atomic E-state index is 6.03. The Morgan fingerprint density at radius 2 is 2.45 bits per heavy atom. The highest BCUT2D eigenvalue weighted by molar-refractivity contribution is 5.08. The van der Waals surface area contributed by atoms with Gasteiger partial charge >= 0.3 is 0 Å². The molecule has 0 unspecified atom stereocenters. The van der Waals surface area contributed by atoms with Gasteiger partial charge in [-0.05, 0) is 19.3 Å². The summed E-state index contributed by atoms with van der Waals surface area (Å²) in [7, 11) is 1.80. The van der Waals surface area contributed by atoms with E-state index in [4.69, 9.17) is 9.47 Å². The number of aryl methyl sites for hydroxylation is 1. The molecule has 5 nitrogen and oxygen atoms in total. The van der Waals surface area contributed by atoms with Crippen LogP contribution in [0.4, 0.5) is 0 Å². The van der Waals surface area contributed by atoms with Gasteiger partial charge in [0.2, 0.25) is 0 Å². The smallest absolute Gasteiger partial charge is 0.108 e. The third kappa shape index (κ3) is 2.62. The first-order valence-corrected chi connectivity index (χ1v) is 7.66. The Morgan fingerprint density at radius 3 is 3.15 bits per heavy atom. The molecule has 112 valence electrons. The summed E-state index contributed by atoms with van der Waals surface area (Å²) >= 11 is 0. The molecule has 3 heterocycles. The van der Waals surface area contributed by atoms with Crippen LogP contribution in [0.3, 0.4) is 0 Å². The van der Waals surface area contributed by atoms with E-state index in [2.05, 4.69) is 23.1 Å². The quantitative estimate of drug-likeness (QED) is 0.822. The van der Waals surface area contributed by atoms with E-state index in [1.54, 1.807) is 7.11 Å². The summed E-state index contributed by atoms with van der Waals surface area (Å²) in [6.07, 6.45) is 7.74. The number of likely N-dealkylation sites (tertiary alicyclic amines) is 1. The number of hydrogen-bond acceptors (Lipinski definition) is 4. The van der Waals surface area contributed by atoms with Gasteiger partial charge in [-0.15, -0.1) is 0 Å². The Balaban J connectivity index is 1.63. The number of hydrogen-bond donors (Lipinski definition) is 0. The van der Waals surface area contributed by atoms with Crippen molar-refractivity contribution in [2.75, 3.05) is 26.8 Å². The topological polar surface area (TPSA) is 39.5 Å². The summed E-state index contributed by atoms with van der Waals surface area (Å²) in [5.41, 5.74) is 1.22. The van der Waals surface area contributed by atoms with E-state index in [-0.39, 0.29) is 11.7 Å². The molecule has 0 N–H and O–H groups in total. The molecular weight excluding hydrogens is 254 g/mol. The molecule has 3 rings (SSSR count). The van der Waals surface area contributed by atoms with Crippen LogP contribution in [0.15, 0.2) is 12.4 Å². The number of ether oxygens (including phenoxy) is 2. The third-order valence-corrected chi connectivity index (χ3v) is 4.47. The second-order valence-corrected chi connectivity index (χ2v) is 6.02. The van der Waals surface area contributed by atoms with Gasteiger partial charge < -0.3 is 9.47 Å². The molecule has 1 aromatic rings. The standard InChI is InChI=1S/C15H25N3O2/c1-3-6-18-10-13(8-16-18)9-17-11-14(19-2)15(12-17)5-4-7-20-15/h8,10,14H,3-7,9,11-12H2,1-2H3/t14-,15-/m0/s1. The van der Waals surface area contributed by atoms with Gasteiger partial charge in [0.05, 0.1) is 12.3 Å². The minimum Gasteiger partial charge on any atom is -0.377 e. The zero-order chi connectivity index (χ0) is 14.0. The minimum absolute atomic E-state index is 0.0613. The number of aromatic nitrogens is 2. The Hall–Kier alpha value is -0.910. The molecule has 0 amide bonds. The van der Waals surface area contributed by atoms with Gasteiger partial charge in [0.15, 0.2) is 0 Å². The molecule has 1 aromatic heterocycles. The van der Waals surface area contributed by atoms with E-state index in [0.29, 0.717) is 0 Å². The van der Waals surface area contributed by atoms with Crippen molar-refractivity contribution in [2.24, 2.45) is 0 Å². The van der Waals surface area contributed by atoms with Crippen LogP contribution >= 0.6 is 0 Å². The van der Waals surface area contributed by atoms with Gasteiger partial charge in [-0.1, -0.05) is 6.92 Å². The van der Waals surface area contributed by atoms with Gasteiger partial charge in [-0.2, -0.15) is 5.10 Å². The molecule has 2 fully saturated rings. The number of methoxy groups -OCH3 is 1. The summed E-state index contributed by atoms with van der Waals surface area (Å²) in [6.45, 7) is 6.91. The Labute approximate surface area is 120 Å². The zero-order valence-corrected chi connectivity index (χ0v) is 12.5. The van der Waals surface area contributed by atoms with Crippen LogP contribution in [-0.4, -0.2) is 53.2 Å². The predicted molar refractivity (Wildman–Crippen MR) is 76.5 cm³/mol. The normalized spacial score (nSPS) is 30.6. The van der Waals surface area contributed by atoms with Gasteiger partial charge in [-0.25, -0.2) is 0 Å². The van der Waals surface area contributed by atoms with Crippen molar-refractivity contribution in [3.63, 3.8) is 0 Å². The van der Waals surface area contributed by atoms with Crippen molar-refractivity contribution in [3.8, 4) is 0 Å². The molecule has 0 bridgehead atoms. The van der Waals surface area contributed by atoms with Crippen molar-refractivity contribution < 1.29 is 9.47 Å². The first-order valence-electron chi connectivity index (χ1n) is 7.66. The zero-order valence-electron chi connectivity index (χ0n) is 12.5. The van der Waals surface area contributed by atoms with Crippen molar-refractivity contribution in [3.05, 3.63) is 18.0 Å². The SMILES string of the molecule is CCCn1cc(CN2C[C@H](OC)[C@]3(CCCO3)C2)cn1. The fourth-order valence-corrected chi connectivity index (χ4v) is 3.55. The highest BCUT2D eigenvalue weighted by Crippen LogP contribution is 2.37. The molecule has 1 spiro atoms. The monoisotopic (exact) mass is 279 g/mol. The van der Waals surface area contributed by atoms with E-state index in [1.807, 2.05) is 10.9 Å². The molecule has 5 heteroatoms. The summed E-state index contributed by atoms with van der Waals surface area (Å²) in [5.74, 6) is 0. The van der Waals surface area contributed by atoms with Crippen molar-refractivity contribution in [1.29, 1.82) is 0 Å². The summed E-state index contributed by atoms with van der Waals surface area (Å²) in [5, 5.41) is 4.40. The van der Waals surface area contributed by atoms with E-state index < -0.39 is 0 Å². The van der Waals surface area contributed by atoms with Gasteiger partial charge in [0.1, 0.15) is 5.60 Å². The lowest BCUT2D eigenvalue weighted by molar-refractivity contribution is -0.0756. The molecule has 0 aliphatic carbocycles. The molecule has 0 radical (unpaired) electrons. The van der Waals surface area contributed by atoms with Gasteiger partial charge in [0, 0.05) is 51.7 Å². The van der Waals surface area contributed by atoms with Crippen LogP contribution in [0.25, 0.3) is 0 Å². The summed E-state index contributed by atoms with van der Waals surface area (Å²) < 4.78 is 13.7. The largest absolute Gasteiger partial charge is 0.377 e. The van der Waals surface area contributed by atoms with E-state index in [1.165, 1.54) is 5.56 Å². The summed E-state index contributed by atoms with van der Waals surface area (Å²) in [6, 6.07) is 0. The van der Waals surface area contributed by atoms with Crippen LogP contribution in [0.1, 0.15) is 31.7 Å². The average Bonchev–Trinajstić information content (AvgIpc) is 3.14. The highest BCUT2D eigenvalue weighted by atomic mass is 16.6. The second kappa shape index (κ2) is 5.84. The lowest BCUT2D eigenvalue weighted by Crippen LogP contribution is -2.41. The lowest BCUT2D eigenvalue weighted by Gasteiger charge is -2.28. The molecule has 0 saturated carbocycles. The predicted octanol–water partition coefficient (Wildman–Crippen LogP) is 1.67. The molecular formula is C15H25N3O2. The number of nitrogens with zero attached hydrogens (tertiary/aromatic N) is 3. The molecule has 0 aromatic carbocycles. The molecule has 2 saturated heterocycles. The molecule has 2 atom stereocenters. The number of rotatable bonds is 5. The Kier molecular flexibility index (Phi) is 4.10. The van der Waals surface area contributed by atoms with Crippen molar-refractivity contribution in [1.82, 2.24) is 14.7 Å². The minimum atomic E-state index is -0.0613. The van der Waals surface area contributed by atoms with Crippen molar-refractivity contribution >= 4 is 0 Å². The summed E-state index contributed by atoms with van der Waals surface area (Å²) in [4.78, 5) is 2.44. The van der Waals surface area contributed by atoms with E-state index >= 15 is 0 Å². The third-order valence-electron chi connectivity index (χ3n) is 4.47. The van der Waals surface area contributed by atoms with E-state index in [0.717, 1.165) is 52.0 Å². The van der Waals surface area contributed by atoms with Crippen LogP contribution < -0.4 is 0 Å². The Morgan fingerprint density at radius 1 is 1.55 bits per heavy atom. The maximum atomic E-state index is 6.03. The fourth-order valence-electron chi connectivity index (χ4n) is 3.55. The van der Waals surface area contributed by atoms with Crippen LogP contribution in [0, 0.1) is 0 Å². The average molecular weight is 279 g/mol. The first-order chi connectivity index (χ1) is 9.75. The lowest BCUT2D eigenvalue weighted by atomic mass is 9.96. The first kappa shape index (κ1) is 14.0. The Bertz CT molecular complexity index is 440. The fraction of sp³-hybridized carbons (Fsp3) is 0.800.